The number of halogens is 2. The molecule has 0 aliphatic carbocycles. The van der Waals surface area contributed by atoms with Gasteiger partial charge in [-0.25, -0.2) is 22.2 Å². The topological polar surface area (TPSA) is 130 Å². The van der Waals surface area contributed by atoms with Crippen LogP contribution in [0, 0.1) is 11.6 Å². The van der Waals surface area contributed by atoms with E-state index in [9.17, 15) is 22.4 Å². The molecule has 0 spiro atoms. The van der Waals surface area contributed by atoms with E-state index in [1.165, 1.54) is 18.5 Å². The van der Waals surface area contributed by atoms with E-state index in [0.717, 1.165) is 18.2 Å². The number of ketones is 1. The lowest BCUT2D eigenvalue weighted by Crippen LogP contribution is -2.18. The molecule has 4 aromatic rings. The molecular weight excluding hydrogens is 518 g/mol. The number of rotatable bonds is 10. The Kier molecular flexibility index (Phi) is 7.53. The Hall–Kier alpha value is -4.58. The van der Waals surface area contributed by atoms with Crippen molar-refractivity contribution in [3.63, 3.8) is 0 Å². The van der Waals surface area contributed by atoms with Crippen LogP contribution in [0.15, 0.2) is 67.5 Å². The molecule has 2 aromatic heterocycles. The summed E-state index contributed by atoms with van der Waals surface area (Å²) in [7, 11) is -3.88. The molecule has 0 radical (unpaired) electrons. The molecule has 0 atom stereocenters. The van der Waals surface area contributed by atoms with Crippen LogP contribution in [0.4, 0.5) is 20.2 Å². The monoisotopic (exact) mass is 540 g/mol. The molecule has 9 nitrogen and oxygen atoms in total. The standard InChI is InChI=1S/C26H22F2N4O5S/c1-3-10-38(35,36)32-21-9-8-20(27)23(24(21)28)25(34)19-14-30-26-18(19)12-17(13-29-26)37-16-7-5-6-15(11-16)31-22(33)4-2/h4-9,11-14,32H,2-3,10H2,1H3,(H,29,30)(H,31,33). The number of ether oxygens (including phenoxy) is 1. The molecule has 0 aliphatic heterocycles. The minimum Gasteiger partial charge on any atom is -0.456 e. The number of aromatic amines is 1. The zero-order chi connectivity index (χ0) is 27.4. The molecular formula is C26H22F2N4O5S. The summed E-state index contributed by atoms with van der Waals surface area (Å²) >= 11 is 0. The average Bonchev–Trinajstić information content (AvgIpc) is 3.29. The molecule has 0 fully saturated rings. The third-order valence-corrected chi connectivity index (χ3v) is 6.81. The van der Waals surface area contributed by atoms with Gasteiger partial charge in [0.1, 0.15) is 23.0 Å². The van der Waals surface area contributed by atoms with Crippen LogP contribution in [-0.4, -0.2) is 35.8 Å². The number of sulfonamides is 1. The largest absolute Gasteiger partial charge is 0.456 e. The van der Waals surface area contributed by atoms with Crippen LogP contribution in [0.25, 0.3) is 11.0 Å². The summed E-state index contributed by atoms with van der Waals surface area (Å²) in [4.78, 5) is 31.8. The third kappa shape index (κ3) is 5.70. The van der Waals surface area contributed by atoms with E-state index >= 15 is 4.39 Å². The molecule has 2 aromatic carbocycles. The minimum atomic E-state index is -3.88. The van der Waals surface area contributed by atoms with Gasteiger partial charge in [-0.05, 0) is 42.8 Å². The third-order valence-electron chi connectivity index (χ3n) is 5.33. The highest BCUT2D eigenvalue weighted by molar-refractivity contribution is 7.92. The van der Waals surface area contributed by atoms with Crippen molar-refractivity contribution in [1.29, 1.82) is 0 Å². The number of carbonyl (C=O) groups excluding carboxylic acids is 2. The average molecular weight is 541 g/mol. The number of amides is 1. The second-order valence-electron chi connectivity index (χ2n) is 8.13. The van der Waals surface area contributed by atoms with Gasteiger partial charge in [-0.2, -0.15) is 0 Å². The number of hydrogen-bond acceptors (Lipinski definition) is 6. The molecule has 3 N–H and O–H groups in total. The van der Waals surface area contributed by atoms with Crippen molar-refractivity contribution in [2.45, 2.75) is 13.3 Å². The fourth-order valence-electron chi connectivity index (χ4n) is 3.66. The molecule has 0 bridgehead atoms. The van der Waals surface area contributed by atoms with Crippen LogP contribution in [-0.2, 0) is 14.8 Å². The van der Waals surface area contributed by atoms with Gasteiger partial charge in [-0.15, -0.1) is 0 Å². The summed E-state index contributed by atoms with van der Waals surface area (Å²) in [5, 5.41) is 2.83. The molecule has 4 rings (SSSR count). The van der Waals surface area contributed by atoms with Crippen LogP contribution in [0.2, 0.25) is 0 Å². The zero-order valence-electron chi connectivity index (χ0n) is 20.0. The number of nitrogens with one attached hydrogen (secondary N) is 3. The van der Waals surface area contributed by atoms with Gasteiger partial charge in [0.15, 0.2) is 5.82 Å². The Morgan fingerprint density at radius 1 is 1.16 bits per heavy atom. The lowest BCUT2D eigenvalue weighted by Gasteiger charge is -2.11. The molecule has 38 heavy (non-hydrogen) atoms. The van der Waals surface area contributed by atoms with Gasteiger partial charge in [0.2, 0.25) is 21.7 Å². The number of pyridine rings is 1. The molecule has 0 aliphatic rings. The highest BCUT2D eigenvalue weighted by atomic mass is 32.2. The van der Waals surface area contributed by atoms with Gasteiger partial charge >= 0.3 is 0 Å². The highest BCUT2D eigenvalue weighted by Crippen LogP contribution is 2.30. The first-order valence-corrected chi connectivity index (χ1v) is 13.0. The van der Waals surface area contributed by atoms with E-state index < -0.39 is 44.6 Å². The summed E-state index contributed by atoms with van der Waals surface area (Å²) in [6, 6.07) is 9.70. The fraction of sp³-hybridized carbons (Fsp3) is 0.115. The number of benzene rings is 2. The quantitative estimate of drug-likeness (QED) is 0.189. The number of carbonyl (C=O) groups is 2. The first-order chi connectivity index (χ1) is 18.1. The van der Waals surface area contributed by atoms with Gasteiger partial charge in [0, 0.05) is 28.9 Å². The molecule has 0 saturated carbocycles. The number of fused-ring (bicyclic) bond motifs is 1. The van der Waals surface area contributed by atoms with E-state index in [-0.39, 0.29) is 34.5 Å². The summed E-state index contributed by atoms with van der Waals surface area (Å²) in [6.07, 6.45) is 4.04. The Morgan fingerprint density at radius 3 is 2.68 bits per heavy atom. The maximum absolute atomic E-state index is 15.2. The van der Waals surface area contributed by atoms with Crippen molar-refractivity contribution < 1.29 is 31.5 Å². The van der Waals surface area contributed by atoms with E-state index in [1.807, 2.05) is 0 Å². The van der Waals surface area contributed by atoms with Crippen LogP contribution in [0.3, 0.4) is 0 Å². The van der Waals surface area contributed by atoms with E-state index in [0.29, 0.717) is 11.4 Å². The molecule has 196 valence electrons. The molecule has 0 saturated heterocycles. The molecule has 12 heteroatoms. The number of anilines is 2. The maximum atomic E-state index is 15.2. The number of H-pyrrole nitrogens is 1. The van der Waals surface area contributed by atoms with Crippen LogP contribution < -0.4 is 14.8 Å². The predicted molar refractivity (Wildman–Crippen MR) is 139 cm³/mol. The second-order valence-corrected chi connectivity index (χ2v) is 9.97. The highest BCUT2D eigenvalue weighted by Gasteiger charge is 2.26. The van der Waals surface area contributed by atoms with Crippen molar-refractivity contribution in [2.24, 2.45) is 0 Å². The van der Waals surface area contributed by atoms with Crippen LogP contribution in [0.1, 0.15) is 29.3 Å². The van der Waals surface area contributed by atoms with Gasteiger partial charge in [0.25, 0.3) is 0 Å². The van der Waals surface area contributed by atoms with Crippen molar-refractivity contribution in [1.82, 2.24) is 9.97 Å². The number of nitrogens with zero attached hydrogens (tertiary/aromatic N) is 1. The summed E-state index contributed by atoms with van der Waals surface area (Å²) in [5.74, 6) is -3.62. The van der Waals surface area contributed by atoms with Crippen molar-refractivity contribution in [3.8, 4) is 11.5 Å². The smallest absolute Gasteiger partial charge is 0.247 e. The lowest BCUT2D eigenvalue weighted by atomic mass is 10.0. The predicted octanol–water partition coefficient (Wildman–Crippen LogP) is 5.14. The SMILES string of the molecule is C=CC(=O)Nc1cccc(Oc2cnc3[nH]cc(C(=O)c4c(F)ccc(NS(=O)(=O)CCC)c4F)c3c2)c1. The van der Waals surface area contributed by atoms with Crippen LogP contribution >= 0.6 is 0 Å². The molecule has 0 unspecified atom stereocenters. The Morgan fingerprint density at radius 2 is 1.95 bits per heavy atom. The first-order valence-electron chi connectivity index (χ1n) is 11.3. The summed E-state index contributed by atoms with van der Waals surface area (Å²) < 4.78 is 61.9. The van der Waals surface area contributed by atoms with Gasteiger partial charge in [-0.1, -0.05) is 19.6 Å². The molecule has 1 amide bonds. The molecule has 2 heterocycles. The number of aromatic nitrogens is 2. The van der Waals surface area contributed by atoms with Crippen molar-refractivity contribution in [3.05, 3.63) is 90.3 Å². The lowest BCUT2D eigenvalue weighted by molar-refractivity contribution is -0.111. The van der Waals surface area contributed by atoms with Crippen molar-refractivity contribution in [2.75, 3.05) is 15.8 Å². The van der Waals surface area contributed by atoms with Gasteiger partial charge in [0.05, 0.1) is 23.2 Å². The van der Waals surface area contributed by atoms with Gasteiger partial charge in [-0.3, -0.25) is 14.3 Å². The van der Waals surface area contributed by atoms with E-state index in [1.54, 1.807) is 31.2 Å². The first kappa shape index (κ1) is 26.5. The second kappa shape index (κ2) is 10.8. The van der Waals surface area contributed by atoms with Crippen molar-refractivity contribution >= 4 is 44.1 Å². The van der Waals surface area contributed by atoms with Crippen LogP contribution in [0.5, 0.6) is 11.5 Å². The summed E-state index contributed by atoms with van der Waals surface area (Å²) in [6.45, 7) is 5.03. The normalized spacial score (nSPS) is 11.2. The fourth-order valence-corrected chi connectivity index (χ4v) is 4.79. The Bertz CT molecular complexity index is 1670. The summed E-state index contributed by atoms with van der Waals surface area (Å²) in [5.41, 5.74) is -0.836. The maximum Gasteiger partial charge on any atom is 0.247 e. The minimum absolute atomic E-state index is 0.101. The Balaban J connectivity index is 1.67. The Labute approximate surface area is 216 Å². The van der Waals surface area contributed by atoms with Gasteiger partial charge < -0.3 is 15.0 Å². The van der Waals surface area contributed by atoms with E-state index in [4.69, 9.17) is 4.74 Å². The number of hydrogen-bond donors (Lipinski definition) is 3. The van der Waals surface area contributed by atoms with E-state index in [2.05, 4.69) is 26.6 Å². The zero-order valence-corrected chi connectivity index (χ0v) is 20.9.